The zero-order valence-corrected chi connectivity index (χ0v) is 8.23. The topological polar surface area (TPSA) is 81.1 Å². The Labute approximate surface area is 90.8 Å². The number of nitrogens with zero attached hydrogens (tertiary/aromatic N) is 3. The van der Waals surface area contributed by atoms with Crippen LogP contribution in [-0.4, -0.2) is 19.9 Å². The van der Waals surface area contributed by atoms with E-state index in [4.69, 9.17) is 5.26 Å². The SMILES string of the molecule is N#Cc1c(-c2ncc[nH]2)[nH]c2cccnc12. The Morgan fingerprint density at radius 2 is 2.19 bits per heavy atom. The number of hydrogen-bond donors (Lipinski definition) is 2. The van der Waals surface area contributed by atoms with Crippen LogP contribution >= 0.6 is 0 Å². The summed E-state index contributed by atoms with van der Waals surface area (Å²) in [6.45, 7) is 0. The summed E-state index contributed by atoms with van der Waals surface area (Å²) in [4.78, 5) is 14.4. The summed E-state index contributed by atoms with van der Waals surface area (Å²) >= 11 is 0. The van der Waals surface area contributed by atoms with Gasteiger partial charge in [-0.05, 0) is 12.1 Å². The lowest BCUT2D eigenvalue weighted by atomic mass is 10.2. The molecular weight excluding hydrogens is 202 g/mol. The Hall–Kier alpha value is -2.61. The summed E-state index contributed by atoms with van der Waals surface area (Å²) in [6.07, 6.45) is 5.04. The van der Waals surface area contributed by atoms with E-state index in [1.54, 1.807) is 18.6 Å². The number of aromatic amines is 2. The van der Waals surface area contributed by atoms with Gasteiger partial charge in [-0.1, -0.05) is 0 Å². The molecule has 0 radical (unpaired) electrons. The van der Waals surface area contributed by atoms with E-state index >= 15 is 0 Å². The molecule has 0 aliphatic carbocycles. The zero-order chi connectivity index (χ0) is 11.0. The van der Waals surface area contributed by atoms with Gasteiger partial charge in [-0.3, -0.25) is 4.98 Å². The van der Waals surface area contributed by atoms with E-state index in [1.165, 1.54) is 0 Å². The van der Waals surface area contributed by atoms with Gasteiger partial charge >= 0.3 is 0 Å². The van der Waals surface area contributed by atoms with Crippen molar-refractivity contribution >= 4 is 11.0 Å². The molecule has 0 aromatic carbocycles. The van der Waals surface area contributed by atoms with Gasteiger partial charge < -0.3 is 9.97 Å². The van der Waals surface area contributed by atoms with Crippen molar-refractivity contribution in [2.24, 2.45) is 0 Å². The minimum atomic E-state index is 0.519. The van der Waals surface area contributed by atoms with Gasteiger partial charge in [0.1, 0.15) is 22.8 Å². The molecule has 3 aromatic rings. The van der Waals surface area contributed by atoms with Crippen LogP contribution in [0.2, 0.25) is 0 Å². The molecule has 5 nitrogen and oxygen atoms in total. The van der Waals surface area contributed by atoms with Crippen molar-refractivity contribution in [2.45, 2.75) is 0 Å². The van der Waals surface area contributed by atoms with Gasteiger partial charge in [0.2, 0.25) is 0 Å². The van der Waals surface area contributed by atoms with Crippen LogP contribution in [0.3, 0.4) is 0 Å². The fraction of sp³-hybridized carbons (Fsp3) is 0. The predicted octanol–water partition coefficient (Wildman–Crippen LogP) is 1.82. The van der Waals surface area contributed by atoms with Crippen molar-refractivity contribution < 1.29 is 0 Å². The van der Waals surface area contributed by atoms with Crippen LogP contribution in [-0.2, 0) is 0 Å². The van der Waals surface area contributed by atoms with Crippen molar-refractivity contribution in [2.75, 3.05) is 0 Å². The summed E-state index contributed by atoms with van der Waals surface area (Å²) in [6, 6.07) is 5.86. The third kappa shape index (κ3) is 1.10. The van der Waals surface area contributed by atoms with E-state index in [-0.39, 0.29) is 0 Å². The van der Waals surface area contributed by atoms with Gasteiger partial charge in [0.25, 0.3) is 0 Å². The average molecular weight is 209 g/mol. The van der Waals surface area contributed by atoms with E-state index in [0.29, 0.717) is 22.6 Å². The smallest absolute Gasteiger partial charge is 0.155 e. The second-order valence-corrected chi connectivity index (χ2v) is 3.32. The zero-order valence-electron chi connectivity index (χ0n) is 8.23. The van der Waals surface area contributed by atoms with Crippen LogP contribution in [0.1, 0.15) is 5.56 Å². The van der Waals surface area contributed by atoms with Gasteiger partial charge in [0.15, 0.2) is 5.82 Å². The molecule has 0 bridgehead atoms. The Balaban J connectivity index is 2.38. The highest BCUT2D eigenvalue weighted by Gasteiger charge is 2.14. The maximum atomic E-state index is 9.15. The van der Waals surface area contributed by atoms with Crippen LogP contribution < -0.4 is 0 Å². The standard InChI is InChI=1S/C11H7N5/c12-6-7-9-8(2-1-3-13-9)16-10(7)11-14-4-5-15-11/h1-5,16H,(H,14,15). The Morgan fingerprint density at radius 1 is 1.25 bits per heavy atom. The summed E-state index contributed by atoms with van der Waals surface area (Å²) < 4.78 is 0. The Bertz CT molecular complexity index is 672. The van der Waals surface area contributed by atoms with Crippen LogP contribution in [0.15, 0.2) is 30.7 Å². The van der Waals surface area contributed by atoms with Gasteiger partial charge in [-0.15, -0.1) is 0 Å². The minimum Gasteiger partial charge on any atom is -0.350 e. The van der Waals surface area contributed by atoms with E-state index in [2.05, 4.69) is 26.0 Å². The lowest BCUT2D eigenvalue weighted by Gasteiger charge is -1.91. The molecular formula is C11H7N5. The molecule has 76 valence electrons. The number of aromatic nitrogens is 4. The molecule has 0 atom stereocenters. The molecule has 0 amide bonds. The number of nitrogens with one attached hydrogen (secondary N) is 2. The maximum absolute atomic E-state index is 9.15. The summed E-state index contributed by atoms with van der Waals surface area (Å²) in [5.41, 5.74) is 2.72. The number of imidazole rings is 1. The molecule has 0 saturated carbocycles. The molecule has 0 unspecified atom stereocenters. The van der Waals surface area contributed by atoms with Crippen molar-refractivity contribution in [1.29, 1.82) is 5.26 Å². The van der Waals surface area contributed by atoms with Crippen LogP contribution in [0.25, 0.3) is 22.6 Å². The summed E-state index contributed by atoms with van der Waals surface area (Å²) in [5, 5.41) is 9.15. The third-order valence-electron chi connectivity index (χ3n) is 2.40. The first-order chi connectivity index (χ1) is 7.90. The van der Waals surface area contributed by atoms with Gasteiger partial charge in [-0.25, -0.2) is 4.98 Å². The van der Waals surface area contributed by atoms with Crippen molar-refractivity contribution in [3.8, 4) is 17.6 Å². The van der Waals surface area contributed by atoms with Crippen LogP contribution in [0.5, 0.6) is 0 Å². The monoisotopic (exact) mass is 209 g/mol. The first kappa shape index (κ1) is 8.68. The number of H-pyrrole nitrogens is 2. The van der Waals surface area contributed by atoms with E-state index in [1.807, 2.05) is 12.1 Å². The molecule has 0 spiro atoms. The first-order valence-electron chi connectivity index (χ1n) is 4.76. The normalized spacial score (nSPS) is 10.4. The second kappa shape index (κ2) is 3.21. The van der Waals surface area contributed by atoms with Crippen LogP contribution in [0, 0.1) is 11.3 Å². The Kier molecular flexibility index (Phi) is 1.74. The number of nitriles is 1. The van der Waals surface area contributed by atoms with E-state index < -0.39 is 0 Å². The Morgan fingerprint density at radius 3 is 2.94 bits per heavy atom. The van der Waals surface area contributed by atoms with Crippen LogP contribution in [0.4, 0.5) is 0 Å². The fourth-order valence-electron chi connectivity index (χ4n) is 1.71. The van der Waals surface area contributed by atoms with E-state index in [9.17, 15) is 0 Å². The summed E-state index contributed by atoms with van der Waals surface area (Å²) in [5.74, 6) is 0.648. The average Bonchev–Trinajstić information content (AvgIpc) is 2.95. The minimum absolute atomic E-state index is 0.519. The number of fused-ring (bicyclic) bond motifs is 1. The molecule has 5 heteroatoms. The number of hydrogen-bond acceptors (Lipinski definition) is 3. The lowest BCUT2D eigenvalue weighted by Crippen LogP contribution is -1.83. The summed E-state index contributed by atoms with van der Waals surface area (Å²) in [7, 11) is 0. The fourth-order valence-corrected chi connectivity index (χ4v) is 1.71. The quantitative estimate of drug-likeness (QED) is 0.641. The second-order valence-electron chi connectivity index (χ2n) is 3.32. The highest BCUT2D eigenvalue weighted by molar-refractivity contribution is 5.89. The molecule has 0 fully saturated rings. The molecule has 16 heavy (non-hydrogen) atoms. The molecule has 0 saturated heterocycles. The van der Waals surface area contributed by atoms with Crippen molar-refractivity contribution in [3.05, 3.63) is 36.3 Å². The molecule has 3 aromatic heterocycles. The van der Waals surface area contributed by atoms with Crippen molar-refractivity contribution in [1.82, 2.24) is 19.9 Å². The number of rotatable bonds is 1. The van der Waals surface area contributed by atoms with Gasteiger partial charge in [0.05, 0.1) is 5.52 Å². The third-order valence-corrected chi connectivity index (χ3v) is 2.40. The molecule has 3 rings (SSSR count). The van der Waals surface area contributed by atoms with Gasteiger partial charge in [-0.2, -0.15) is 5.26 Å². The number of pyridine rings is 1. The first-order valence-corrected chi connectivity index (χ1v) is 4.76. The highest BCUT2D eigenvalue weighted by Crippen LogP contribution is 2.25. The van der Waals surface area contributed by atoms with E-state index in [0.717, 1.165) is 5.52 Å². The maximum Gasteiger partial charge on any atom is 0.155 e. The lowest BCUT2D eigenvalue weighted by molar-refractivity contribution is 1.26. The molecule has 0 aliphatic rings. The molecule has 0 aliphatic heterocycles. The molecule has 2 N–H and O–H groups in total. The predicted molar refractivity (Wildman–Crippen MR) is 58.4 cm³/mol. The van der Waals surface area contributed by atoms with Crippen molar-refractivity contribution in [3.63, 3.8) is 0 Å². The highest BCUT2D eigenvalue weighted by atomic mass is 14.9. The van der Waals surface area contributed by atoms with Gasteiger partial charge in [0, 0.05) is 18.6 Å². The molecule has 3 heterocycles. The largest absolute Gasteiger partial charge is 0.350 e.